The molecule has 0 atom stereocenters. The molecule has 0 aromatic heterocycles. The van der Waals surface area contributed by atoms with Crippen molar-refractivity contribution in [2.45, 2.75) is 0 Å². The van der Waals surface area contributed by atoms with Gasteiger partial charge in [-0.05, 0) is 12.2 Å². The van der Waals surface area contributed by atoms with E-state index in [1.54, 1.807) is 19.0 Å². The molecule has 0 aliphatic heterocycles. The van der Waals surface area contributed by atoms with E-state index in [-0.39, 0.29) is 6.61 Å². The van der Waals surface area contributed by atoms with Crippen LogP contribution in [0.15, 0.2) is 0 Å². The van der Waals surface area contributed by atoms with Gasteiger partial charge in [0, 0.05) is 14.1 Å². The Morgan fingerprint density at radius 1 is 1.78 bits per heavy atom. The third kappa shape index (κ3) is 3.74. The van der Waals surface area contributed by atoms with E-state index in [4.69, 9.17) is 22.2 Å². The van der Waals surface area contributed by atoms with Crippen molar-refractivity contribution in [3.05, 3.63) is 0 Å². The maximum absolute atomic E-state index is 8.04. The van der Waals surface area contributed by atoms with Gasteiger partial charge in [0.25, 0.3) is 5.17 Å². The third-order valence-electron chi connectivity index (χ3n) is 0.625. The molecule has 0 aliphatic rings. The van der Waals surface area contributed by atoms with E-state index < -0.39 is 0 Å². The third-order valence-corrected chi connectivity index (χ3v) is 1.11. The zero-order valence-corrected chi connectivity index (χ0v) is 6.23. The lowest BCUT2D eigenvalue weighted by molar-refractivity contribution is 0.309. The Kier molecular flexibility index (Phi) is 3.72. The second-order valence-corrected chi connectivity index (χ2v) is 1.96. The number of ether oxygens (including phenoxy) is 1. The molecule has 0 aromatic carbocycles. The molecule has 3 nitrogen and oxygen atoms in total. The summed E-state index contributed by atoms with van der Waals surface area (Å²) in [5.74, 6) is 0. The van der Waals surface area contributed by atoms with Crippen LogP contribution in [0.2, 0.25) is 0 Å². The molecule has 0 unspecified atom stereocenters. The molecule has 0 amide bonds. The zero-order chi connectivity index (χ0) is 7.28. The summed E-state index contributed by atoms with van der Waals surface area (Å²) in [6.07, 6.45) is 0. The summed E-state index contributed by atoms with van der Waals surface area (Å²) in [5.41, 5.74) is 0. The van der Waals surface area contributed by atoms with Crippen molar-refractivity contribution < 1.29 is 4.74 Å². The molecule has 0 rings (SSSR count). The lowest BCUT2D eigenvalue weighted by Crippen LogP contribution is -2.22. The molecule has 0 spiro atoms. The van der Waals surface area contributed by atoms with Crippen molar-refractivity contribution in [1.82, 2.24) is 4.90 Å². The van der Waals surface area contributed by atoms with Crippen LogP contribution in [0.3, 0.4) is 0 Å². The van der Waals surface area contributed by atoms with E-state index in [9.17, 15) is 0 Å². The van der Waals surface area contributed by atoms with Gasteiger partial charge in [0.05, 0.1) is 0 Å². The van der Waals surface area contributed by atoms with Gasteiger partial charge in [-0.2, -0.15) is 5.26 Å². The molecule has 0 saturated carbocycles. The van der Waals surface area contributed by atoms with Crippen LogP contribution in [0.4, 0.5) is 0 Å². The fourth-order valence-electron chi connectivity index (χ4n) is 0.223. The molecular weight excluding hydrogens is 136 g/mol. The van der Waals surface area contributed by atoms with E-state index in [1.807, 2.05) is 6.07 Å². The minimum absolute atomic E-state index is 0.0248. The van der Waals surface area contributed by atoms with Crippen molar-refractivity contribution in [2.24, 2.45) is 0 Å². The fraction of sp³-hybridized carbons (Fsp3) is 0.600. The number of rotatable bonds is 1. The van der Waals surface area contributed by atoms with Gasteiger partial charge in [-0.15, -0.1) is 0 Å². The molecule has 0 aromatic rings. The van der Waals surface area contributed by atoms with Crippen LogP contribution in [-0.4, -0.2) is 30.8 Å². The smallest absolute Gasteiger partial charge is 0.259 e. The molecular formula is C5H8N2OS. The fourth-order valence-corrected chi connectivity index (χ4v) is 0.282. The molecule has 0 fully saturated rings. The lowest BCUT2D eigenvalue weighted by atomic mass is 10.8. The normalized spacial score (nSPS) is 7.67. The quantitative estimate of drug-likeness (QED) is 0.498. The molecule has 0 N–H and O–H groups in total. The number of hydrogen-bond donors (Lipinski definition) is 0. The highest BCUT2D eigenvalue weighted by Gasteiger charge is 1.95. The minimum Gasteiger partial charge on any atom is -0.456 e. The summed E-state index contributed by atoms with van der Waals surface area (Å²) in [5, 5.41) is 8.39. The van der Waals surface area contributed by atoms with Crippen molar-refractivity contribution >= 4 is 17.4 Å². The lowest BCUT2D eigenvalue weighted by Gasteiger charge is -2.11. The standard InChI is InChI=1S/C5H8N2OS/c1-7(2)5(9)8-4-3-6/h4H2,1-2H3. The summed E-state index contributed by atoms with van der Waals surface area (Å²) in [7, 11) is 3.53. The van der Waals surface area contributed by atoms with Crippen LogP contribution in [0.25, 0.3) is 0 Å². The summed E-state index contributed by atoms with van der Waals surface area (Å²) in [6.45, 7) is 0.0248. The minimum atomic E-state index is 0.0248. The molecule has 0 saturated heterocycles. The van der Waals surface area contributed by atoms with Gasteiger partial charge in [-0.25, -0.2) is 0 Å². The van der Waals surface area contributed by atoms with Crippen LogP contribution >= 0.6 is 12.2 Å². The summed E-state index contributed by atoms with van der Waals surface area (Å²) in [6, 6.07) is 1.82. The van der Waals surface area contributed by atoms with Gasteiger partial charge >= 0.3 is 0 Å². The first kappa shape index (κ1) is 8.18. The monoisotopic (exact) mass is 144 g/mol. The van der Waals surface area contributed by atoms with E-state index in [1.165, 1.54) is 0 Å². The van der Waals surface area contributed by atoms with Crippen LogP contribution in [0.1, 0.15) is 0 Å². The van der Waals surface area contributed by atoms with Gasteiger partial charge in [0.15, 0.2) is 6.61 Å². The van der Waals surface area contributed by atoms with Crippen LogP contribution in [-0.2, 0) is 4.74 Å². The first-order valence-corrected chi connectivity index (χ1v) is 2.80. The summed E-state index contributed by atoms with van der Waals surface area (Å²) in [4.78, 5) is 1.63. The van der Waals surface area contributed by atoms with E-state index in [2.05, 4.69) is 0 Å². The van der Waals surface area contributed by atoms with Crippen LogP contribution in [0.5, 0.6) is 0 Å². The van der Waals surface area contributed by atoms with E-state index in [0.717, 1.165) is 0 Å². The SMILES string of the molecule is CN(C)C(=S)OCC#N. The van der Waals surface area contributed by atoms with Gasteiger partial charge in [-0.1, -0.05) is 0 Å². The van der Waals surface area contributed by atoms with E-state index in [0.29, 0.717) is 5.17 Å². The Morgan fingerprint density at radius 2 is 2.33 bits per heavy atom. The number of thiocarbonyl (C=S) groups is 1. The predicted octanol–water partition coefficient (Wildman–Crippen LogP) is 0.373. The molecule has 0 heterocycles. The molecule has 50 valence electrons. The average molecular weight is 144 g/mol. The number of nitrogens with zero attached hydrogens (tertiary/aromatic N) is 2. The van der Waals surface area contributed by atoms with Gasteiger partial charge < -0.3 is 9.64 Å². The molecule has 0 radical (unpaired) electrons. The highest BCUT2D eigenvalue weighted by molar-refractivity contribution is 7.80. The zero-order valence-electron chi connectivity index (χ0n) is 5.42. The Morgan fingerprint density at radius 3 is 2.67 bits per heavy atom. The molecule has 0 aliphatic carbocycles. The Bertz CT molecular complexity index is 138. The van der Waals surface area contributed by atoms with Crippen molar-refractivity contribution in [3.8, 4) is 6.07 Å². The van der Waals surface area contributed by atoms with Gasteiger partial charge in [0.1, 0.15) is 6.07 Å². The topological polar surface area (TPSA) is 36.3 Å². The highest BCUT2D eigenvalue weighted by Crippen LogP contribution is 1.84. The van der Waals surface area contributed by atoms with E-state index >= 15 is 0 Å². The number of hydrogen-bond acceptors (Lipinski definition) is 3. The van der Waals surface area contributed by atoms with Crippen LogP contribution in [0, 0.1) is 11.3 Å². The first-order chi connectivity index (χ1) is 4.18. The second-order valence-electron chi connectivity index (χ2n) is 1.61. The summed E-state index contributed by atoms with van der Waals surface area (Å²) >= 11 is 4.70. The maximum Gasteiger partial charge on any atom is 0.259 e. The van der Waals surface area contributed by atoms with Gasteiger partial charge in [0.2, 0.25) is 0 Å². The largest absolute Gasteiger partial charge is 0.456 e. The number of nitriles is 1. The Labute approximate surface area is 59.8 Å². The van der Waals surface area contributed by atoms with Crippen molar-refractivity contribution in [1.29, 1.82) is 5.26 Å². The van der Waals surface area contributed by atoms with Gasteiger partial charge in [-0.3, -0.25) is 0 Å². The van der Waals surface area contributed by atoms with Crippen LogP contribution < -0.4 is 0 Å². The summed E-state index contributed by atoms with van der Waals surface area (Å²) < 4.78 is 4.75. The highest BCUT2D eigenvalue weighted by atomic mass is 32.1. The maximum atomic E-state index is 8.04. The first-order valence-electron chi connectivity index (χ1n) is 2.39. The average Bonchev–Trinajstić information content (AvgIpc) is 1.82. The molecule has 9 heavy (non-hydrogen) atoms. The Balaban J connectivity index is 3.42. The predicted molar refractivity (Wildman–Crippen MR) is 37.9 cm³/mol. The van der Waals surface area contributed by atoms with Crippen molar-refractivity contribution in [3.63, 3.8) is 0 Å². The molecule has 4 heteroatoms. The Hall–Kier alpha value is -0.820. The second kappa shape index (κ2) is 4.10. The van der Waals surface area contributed by atoms with Crippen molar-refractivity contribution in [2.75, 3.05) is 20.7 Å². The molecule has 0 bridgehead atoms.